The monoisotopic (exact) mass is 179 g/mol. The van der Waals surface area contributed by atoms with E-state index in [4.69, 9.17) is 0 Å². The maximum absolute atomic E-state index is 1.96. The Kier molecular flexibility index (Phi) is 3.69. The summed E-state index contributed by atoms with van der Waals surface area (Å²) in [5, 5.41) is 0. The Morgan fingerprint density at radius 1 is 0.615 bits per heavy atom. The Labute approximate surface area is 83.1 Å². The molecule has 1 radical (unpaired) electrons. The van der Waals surface area contributed by atoms with Gasteiger partial charge in [0.15, 0.2) is 0 Å². The van der Waals surface area contributed by atoms with Crippen molar-refractivity contribution in [3.05, 3.63) is 5.92 Å². The topological polar surface area (TPSA) is 0 Å². The third-order valence-corrected chi connectivity index (χ3v) is 3.93. The van der Waals surface area contributed by atoms with E-state index in [1.807, 2.05) is 5.92 Å². The molecule has 0 atom stereocenters. The van der Waals surface area contributed by atoms with E-state index in [9.17, 15) is 0 Å². The fourth-order valence-corrected chi connectivity index (χ4v) is 3.10. The molecule has 0 amide bonds. The van der Waals surface area contributed by atoms with Gasteiger partial charge in [0.2, 0.25) is 0 Å². The molecule has 0 aliphatic heterocycles. The molecule has 0 aromatic heterocycles. The van der Waals surface area contributed by atoms with E-state index in [1.165, 1.54) is 70.6 Å². The van der Waals surface area contributed by atoms with Crippen LogP contribution in [0.25, 0.3) is 0 Å². The highest BCUT2D eigenvalue weighted by Crippen LogP contribution is 2.38. The normalized spacial score (nSPS) is 28.6. The zero-order chi connectivity index (χ0) is 8.93. The highest BCUT2D eigenvalue weighted by molar-refractivity contribution is 4.98. The summed E-state index contributed by atoms with van der Waals surface area (Å²) in [6.07, 6.45) is 16.5. The van der Waals surface area contributed by atoms with Gasteiger partial charge in [0.1, 0.15) is 0 Å². The van der Waals surface area contributed by atoms with Gasteiger partial charge < -0.3 is 0 Å². The van der Waals surface area contributed by atoms with Crippen LogP contribution in [-0.2, 0) is 0 Å². The smallest absolute Gasteiger partial charge is 0.0210 e. The minimum absolute atomic E-state index is 1.05. The van der Waals surface area contributed by atoms with Gasteiger partial charge in [0, 0.05) is 0 Å². The Morgan fingerprint density at radius 3 is 1.77 bits per heavy atom. The number of hydrogen-bond acceptors (Lipinski definition) is 0. The molecule has 0 aromatic rings. The molecule has 0 aromatic carbocycles. The van der Waals surface area contributed by atoms with Gasteiger partial charge in [0.05, 0.1) is 0 Å². The Morgan fingerprint density at radius 2 is 1.15 bits per heavy atom. The average Bonchev–Trinajstić information content (AvgIpc) is 2.47. The van der Waals surface area contributed by atoms with Crippen LogP contribution in [0.4, 0.5) is 0 Å². The third-order valence-electron chi connectivity index (χ3n) is 3.93. The van der Waals surface area contributed by atoms with Crippen molar-refractivity contribution in [2.24, 2.45) is 5.92 Å². The molecule has 0 saturated heterocycles. The van der Waals surface area contributed by atoms with E-state index >= 15 is 0 Å². The van der Waals surface area contributed by atoms with Gasteiger partial charge in [-0.15, -0.1) is 0 Å². The largest absolute Gasteiger partial charge is 0.0533 e. The van der Waals surface area contributed by atoms with Gasteiger partial charge in [-0.2, -0.15) is 0 Å². The molecule has 75 valence electrons. The average molecular weight is 179 g/mol. The highest BCUT2D eigenvalue weighted by atomic mass is 14.3. The predicted molar refractivity (Wildman–Crippen MR) is 57.5 cm³/mol. The summed E-state index contributed by atoms with van der Waals surface area (Å²) in [6.45, 7) is 0. The number of hydrogen-bond donors (Lipinski definition) is 0. The minimum Gasteiger partial charge on any atom is -0.0533 e. The minimum atomic E-state index is 1.05. The molecule has 0 N–H and O–H groups in total. The van der Waals surface area contributed by atoms with Crippen molar-refractivity contribution in [1.82, 2.24) is 0 Å². The van der Waals surface area contributed by atoms with E-state index in [0.717, 1.165) is 5.92 Å². The quantitative estimate of drug-likeness (QED) is 0.520. The summed E-state index contributed by atoms with van der Waals surface area (Å²) in [6, 6.07) is 0. The fraction of sp³-hybridized carbons (Fsp3) is 0.923. The van der Waals surface area contributed by atoms with E-state index in [1.54, 1.807) is 0 Å². The van der Waals surface area contributed by atoms with Crippen LogP contribution in [0.2, 0.25) is 0 Å². The van der Waals surface area contributed by atoms with Crippen molar-refractivity contribution >= 4 is 0 Å². The molecule has 2 aliphatic carbocycles. The van der Waals surface area contributed by atoms with Gasteiger partial charge in [-0.25, -0.2) is 0 Å². The van der Waals surface area contributed by atoms with Crippen LogP contribution in [-0.4, -0.2) is 0 Å². The van der Waals surface area contributed by atoms with Gasteiger partial charge >= 0.3 is 0 Å². The first kappa shape index (κ1) is 9.55. The molecule has 0 unspecified atom stereocenters. The molecular formula is C13H23. The standard InChI is InChI=1S/C13H23/c1-2-5-9-12(8-4-1)13-10-6-3-7-11-13/h13H,1-11H2. The number of rotatable bonds is 1. The van der Waals surface area contributed by atoms with Crippen molar-refractivity contribution in [3.8, 4) is 0 Å². The Hall–Kier alpha value is 0. The molecule has 2 fully saturated rings. The second-order valence-corrected chi connectivity index (χ2v) is 4.91. The van der Waals surface area contributed by atoms with Crippen molar-refractivity contribution < 1.29 is 0 Å². The summed E-state index contributed by atoms with van der Waals surface area (Å²) >= 11 is 0. The lowest BCUT2D eigenvalue weighted by Crippen LogP contribution is -2.15. The lowest BCUT2D eigenvalue weighted by atomic mass is 9.77. The molecule has 2 saturated carbocycles. The molecule has 13 heavy (non-hydrogen) atoms. The second kappa shape index (κ2) is 5.02. The van der Waals surface area contributed by atoms with E-state index < -0.39 is 0 Å². The van der Waals surface area contributed by atoms with E-state index in [2.05, 4.69) is 0 Å². The van der Waals surface area contributed by atoms with Gasteiger partial charge in [-0.05, 0) is 37.5 Å². The lowest BCUT2D eigenvalue weighted by Gasteiger charge is -2.28. The second-order valence-electron chi connectivity index (χ2n) is 4.91. The molecule has 2 aliphatic rings. The van der Waals surface area contributed by atoms with Gasteiger partial charge in [0.25, 0.3) is 0 Å². The van der Waals surface area contributed by atoms with Crippen LogP contribution in [0.5, 0.6) is 0 Å². The van der Waals surface area contributed by atoms with Crippen molar-refractivity contribution in [2.45, 2.75) is 70.6 Å². The van der Waals surface area contributed by atoms with Gasteiger partial charge in [-0.3, -0.25) is 0 Å². The van der Waals surface area contributed by atoms with E-state index in [0.29, 0.717) is 0 Å². The summed E-state index contributed by atoms with van der Waals surface area (Å²) < 4.78 is 0. The van der Waals surface area contributed by atoms with Crippen LogP contribution in [0, 0.1) is 11.8 Å². The Balaban J connectivity index is 1.82. The molecule has 0 nitrogen and oxygen atoms in total. The van der Waals surface area contributed by atoms with Gasteiger partial charge in [-0.1, -0.05) is 44.9 Å². The zero-order valence-electron chi connectivity index (χ0n) is 8.86. The first-order chi connectivity index (χ1) is 6.47. The molecule has 2 rings (SSSR count). The zero-order valence-corrected chi connectivity index (χ0v) is 8.86. The maximum atomic E-state index is 1.96. The van der Waals surface area contributed by atoms with Crippen LogP contribution >= 0.6 is 0 Å². The van der Waals surface area contributed by atoms with Crippen LogP contribution in [0.1, 0.15) is 70.6 Å². The van der Waals surface area contributed by atoms with Crippen molar-refractivity contribution in [2.75, 3.05) is 0 Å². The van der Waals surface area contributed by atoms with Crippen molar-refractivity contribution in [1.29, 1.82) is 0 Å². The summed E-state index contributed by atoms with van der Waals surface area (Å²) in [7, 11) is 0. The summed E-state index contributed by atoms with van der Waals surface area (Å²) in [5.41, 5.74) is 0. The SMILES string of the molecule is C1CCC[C](C2CCCCC2)CC1. The first-order valence-electron chi connectivity index (χ1n) is 6.31. The first-order valence-corrected chi connectivity index (χ1v) is 6.31. The lowest BCUT2D eigenvalue weighted by molar-refractivity contribution is 0.346. The van der Waals surface area contributed by atoms with E-state index in [-0.39, 0.29) is 0 Å². The highest BCUT2D eigenvalue weighted by Gasteiger charge is 2.24. The molecule has 0 spiro atoms. The third kappa shape index (κ3) is 2.72. The van der Waals surface area contributed by atoms with Crippen LogP contribution in [0.15, 0.2) is 0 Å². The molecular weight excluding hydrogens is 156 g/mol. The van der Waals surface area contributed by atoms with Crippen LogP contribution in [0.3, 0.4) is 0 Å². The molecule has 0 heterocycles. The predicted octanol–water partition coefficient (Wildman–Crippen LogP) is 4.50. The Bertz CT molecular complexity index is 125. The summed E-state index contributed by atoms with van der Waals surface area (Å²) in [4.78, 5) is 0. The van der Waals surface area contributed by atoms with Crippen molar-refractivity contribution in [3.63, 3.8) is 0 Å². The van der Waals surface area contributed by atoms with Crippen LogP contribution < -0.4 is 0 Å². The fourth-order valence-electron chi connectivity index (χ4n) is 3.10. The molecule has 0 bridgehead atoms. The maximum Gasteiger partial charge on any atom is -0.0210 e. The summed E-state index contributed by atoms with van der Waals surface area (Å²) in [5.74, 6) is 3.00. The molecule has 0 heteroatoms.